The highest BCUT2D eigenvalue weighted by molar-refractivity contribution is 6.04. The van der Waals surface area contributed by atoms with Gasteiger partial charge in [-0.25, -0.2) is 0 Å². The van der Waals surface area contributed by atoms with Gasteiger partial charge in [-0.3, -0.25) is 14.4 Å². The topological polar surface area (TPSA) is 100 Å². The number of benzene rings is 2. The average Bonchev–Trinajstić information content (AvgIpc) is 3.27. The number of anilines is 1. The monoisotopic (exact) mass is 377 g/mol. The third-order valence-corrected chi connectivity index (χ3v) is 3.88. The van der Waals surface area contributed by atoms with E-state index < -0.39 is 0 Å². The van der Waals surface area contributed by atoms with E-state index >= 15 is 0 Å². The van der Waals surface area contributed by atoms with E-state index in [4.69, 9.17) is 4.42 Å². The van der Waals surface area contributed by atoms with Crippen LogP contribution in [0.3, 0.4) is 0 Å². The molecule has 0 saturated heterocycles. The van der Waals surface area contributed by atoms with Gasteiger partial charge in [0, 0.05) is 29.9 Å². The molecule has 1 heterocycles. The third-order valence-electron chi connectivity index (χ3n) is 3.88. The zero-order valence-electron chi connectivity index (χ0n) is 15.0. The Bertz CT molecular complexity index is 936. The SMILES string of the molecule is O=C(NCCNC(=O)c1ccco1)c1ccc(NC(=O)c2ccccc2)cc1. The first-order chi connectivity index (χ1) is 13.6. The van der Waals surface area contributed by atoms with Crippen LogP contribution in [0.25, 0.3) is 0 Å². The molecular weight excluding hydrogens is 358 g/mol. The van der Waals surface area contributed by atoms with Gasteiger partial charge >= 0.3 is 0 Å². The van der Waals surface area contributed by atoms with Crippen molar-refractivity contribution in [2.45, 2.75) is 0 Å². The van der Waals surface area contributed by atoms with E-state index in [1.165, 1.54) is 6.26 Å². The van der Waals surface area contributed by atoms with Crippen LogP contribution < -0.4 is 16.0 Å². The molecule has 28 heavy (non-hydrogen) atoms. The second-order valence-electron chi connectivity index (χ2n) is 5.89. The smallest absolute Gasteiger partial charge is 0.287 e. The molecule has 0 radical (unpaired) electrons. The van der Waals surface area contributed by atoms with E-state index in [2.05, 4.69) is 16.0 Å². The van der Waals surface area contributed by atoms with Crippen molar-refractivity contribution >= 4 is 23.4 Å². The highest BCUT2D eigenvalue weighted by atomic mass is 16.3. The number of amides is 3. The summed E-state index contributed by atoms with van der Waals surface area (Å²) in [4.78, 5) is 36.0. The molecule has 7 nitrogen and oxygen atoms in total. The highest BCUT2D eigenvalue weighted by Gasteiger charge is 2.09. The molecule has 0 atom stereocenters. The minimum atomic E-state index is -0.335. The maximum Gasteiger partial charge on any atom is 0.287 e. The van der Waals surface area contributed by atoms with Gasteiger partial charge < -0.3 is 20.4 Å². The van der Waals surface area contributed by atoms with Crippen LogP contribution >= 0.6 is 0 Å². The second kappa shape index (κ2) is 9.18. The minimum absolute atomic E-state index is 0.217. The first-order valence-corrected chi connectivity index (χ1v) is 8.70. The van der Waals surface area contributed by atoms with Gasteiger partial charge in [0.1, 0.15) is 0 Å². The van der Waals surface area contributed by atoms with Gasteiger partial charge in [-0.1, -0.05) is 18.2 Å². The maximum absolute atomic E-state index is 12.1. The lowest BCUT2D eigenvalue weighted by Gasteiger charge is -2.08. The predicted molar refractivity (Wildman–Crippen MR) is 104 cm³/mol. The zero-order valence-corrected chi connectivity index (χ0v) is 15.0. The largest absolute Gasteiger partial charge is 0.459 e. The first-order valence-electron chi connectivity index (χ1n) is 8.70. The number of hydrogen-bond donors (Lipinski definition) is 3. The molecule has 0 aliphatic heterocycles. The number of nitrogens with one attached hydrogen (secondary N) is 3. The molecule has 2 aromatic carbocycles. The van der Waals surface area contributed by atoms with Crippen LogP contribution in [0.15, 0.2) is 77.4 Å². The lowest BCUT2D eigenvalue weighted by Crippen LogP contribution is -2.34. The Kier molecular flexibility index (Phi) is 6.20. The Balaban J connectivity index is 1.44. The van der Waals surface area contributed by atoms with Crippen LogP contribution in [-0.4, -0.2) is 30.8 Å². The molecule has 3 rings (SSSR count). The lowest BCUT2D eigenvalue weighted by atomic mass is 10.1. The van der Waals surface area contributed by atoms with Gasteiger partial charge in [0.15, 0.2) is 5.76 Å². The van der Waals surface area contributed by atoms with E-state index in [0.717, 1.165) is 0 Å². The zero-order chi connectivity index (χ0) is 19.8. The molecule has 0 fully saturated rings. The standard InChI is InChI=1S/C21H19N3O4/c25-19(22-12-13-23-21(27)18-7-4-14-28-18)16-8-10-17(11-9-16)24-20(26)15-5-2-1-3-6-15/h1-11,14H,12-13H2,(H,22,25)(H,23,27)(H,24,26). The van der Waals surface area contributed by atoms with Gasteiger partial charge in [-0.2, -0.15) is 0 Å². The summed E-state index contributed by atoms with van der Waals surface area (Å²) in [5.41, 5.74) is 1.60. The van der Waals surface area contributed by atoms with Crippen molar-refractivity contribution in [1.29, 1.82) is 0 Å². The Morgan fingerprint density at radius 1 is 0.679 bits per heavy atom. The van der Waals surface area contributed by atoms with Gasteiger partial charge in [-0.05, 0) is 48.5 Å². The lowest BCUT2D eigenvalue weighted by molar-refractivity contribution is 0.0910. The average molecular weight is 377 g/mol. The summed E-state index contributed by atoms with van der Waals surface area (Å²) in [6.45, 7) is 0.550. The van der Waals surface area contributed by atoms with Crippen molar-refractivity contribution in [1.82, 2.24) is 10.6 Å². The van der Waals surface area contributed by atoms with Crippen LogP contribution in [0, 0.1) is 0 Å². The quantitative estimate of drug-likeness (QED) is 0.551. The van der Waals surface area contributed by atoms with Crippen molar-refractivity contribution in [2.75, 3.05) is 18.4 Å². The Morgan fingerprint density at radius 2 is 1.32 bits per heavy atom. The normalized spacial score (nSPS) is 10.1. The highest BCUT2D eigenvalue weighted by Crippen LogP contribution is 2.11. The molecular formula is C21H19N3O4. The van der Waals surface area contributed by atoms with Crippen LogP contribution in [0.5, 0.6) is 0 Å². The maximum atomic E-state index is 12.1. The van der Waals surface area contributed by atoms with Gasteiger partial charge in [0.05, 0.1) is 6.26 Å². The number of carbonyl (C=O) groups is 3. The molecule has 7 heteroatoms. The summed E-state index contributed by atoms with van der Waals surface area (Å²) < 4.78 is 4.98. The molecule has 3 aromatic rings. The molecule has 0 unspecified atom stereocenters. The third kappa shape index (κ3) is 5.07. The molecule has 142 valence electrons. The Morgan fingerprint density at radius 3 is 1.96 bits per heavy atom. The van der Waals surface area contributed by atoms with Crippen molar-refractivity contribution in [2.24, 2.45) is 0 Å². The van der Waals surface area contributed by atoms with E-state index in [-0.39, 0.29) is 36.6 Å². The van der Waals surface area contributed by atoms with E-state index in [9.17, 15) is 14.4 Å². The fourth-order valence-corrected chi connectivity index (χ4v) is 2.45. The number of furan rings is 1. The van der Waals surface area contributed by atoms with Crippen molar-refractivity contribution in [3.05, 3.63) is 89.9 Å². The van der Waals surface area contributed by atoms with Gasteiger partial charge in [0.2, 0.25) is 0 Å². The summed E-state index contributed by atoms with van der Waals surface area (Å²) in [5.74, 6) is -0.601. The van der Waals surface area contributed by atoms with Crippen LogP contribution in [0.2, 0.25) is 0 Å². The van der Waals surface area contributed by atoms with Crippen LogP contribution in [-0.2, 0) is 0 Å². The van der Waals surface area contributed by atoms with E-state index in [1.807, 2.05) is 6.07 Å². The molecule has 0 saturated carbocycles. The number of hydrogen-bond acceptors (Lipinski definition) is 4. The first kappa shape index (κ1) is 18.9. The summed E-state index contributed by atoms with van der Waals surface area (Å²) in [5, 5.41) is 8.13. The van der Waals surface area contributed by atoms with Gasteiger partial charge in [0.25, 0.3) is 17.7 Å². The Labute approximate surface area is 161 Å². The Hall–Kier alpha value is -3.87. The molecule has 3 amide bonds. The summed E-state index contributed by atoms with van der Waals surface area (Å²) >= 11 is 0. The summed E-state index contributed by atoms with van der Waals surface area (Å²) in [7, 11) is 0. The second-order valence-corrected chi connectivity index (χ2v) is 5.89. The summed E-state index contributed by atoms with van der Waals surface area (Å²) in [6, 6.07) is 18.6. The van der Waals surface area contributed by atoms with Crippen molar-refractivity contribution in [3.63, 3.8) is 0 Å². The number of carbonyl (C=O) groups excluding carboxylic acids is 3. The number of rotatable bonds is 7. The summed E-state index contributed by atoms with van der Waals surface area (Å²) in [6.07, 6.45) is 1.42. The van der Waals surface area contributed by atoms with E-state index in [1.54, 1.807) is 60.7 Å². The van der Waals surface area contributed by atoms with Crippen LogP contribution in [0.1, 0.15) is 31.3 Å². The minimum Gasteiger partial charge on any atom is -0.459 e. The molecule has 0 spiro atoms. The predicted octanol–water partition coefficient (Wildman–Crippen LogP) is 2.69. The molecule has 0 aliphatic rings. The van der Waals surface area contributed by atoms with Crippen molar-refractivity contribution < 1.29 is 18.8 Å². The molecule has 0 aliphatic carbocycles. The molecule has 3 N–H and O–H groups in total. The van der Waals surface area contributed by atoms with Crippen LogP contribution in [0.4, 0.5) is 5.69 Å². The fourth-order valence-electron chi connectivity index (χ4n) is 2.45. The van der Waals surface area contributed by atoms with Crippen molar-refractivity contribution in [3.8, 4) is 0 Å². The molecule has 1 aromatic heterocycles. The fraction of sp³-hybridized carbons (Fsp3) is 0.0952. The van der Waals surface area contributed by atoms with E-state index in [0.29, 0.717) is 16.8 Å². The molecule has 0 bridgehead atoms. The van der Waals surface area contributed by atoms with Gasteiger partial charge in [-0.15, -0.1) is 0 Å².